The second-order valence-electron chi connectivity index (χ2n) is 6.88. The average molecular weight is 286 g/mol. The van der Waals surface area contributed by atoms with E-state index in [0.717, 1.165) is 32.4 Å². The normalized spacial score (nSPS) is 29.1. The number of aryl methyl sites for hydroxylation is 1. The number of carbonyl (C=O) groups excluding carboxylic acids is 1. The molecule has 1 aromatic rings. The molecule has 1 aromatic carbocycles. The molecule has 0 spiro atoms. The third kappa shape index (κ3) is 3.29. The highest BCUT2D eigenvalue weighted by molar-refractivity contribution is 5.77. The van der Waals surface area contributed by atoms with Crippen molar-refractivity contribution in [3.63, 3.8) is 0 Å². The maximum atomic E-state index is 12.4. The van der Waals surface area contributed by atoms with Crippen molar-refractivity contribution in [2.45, 2.75) is 38.6 Å². The predicted octanol–water partition coefficient (Wildman–Crippen LogP) is 2.77. The Morgan fingerprint density at radius 2 is 2.14 bits per heavy atom. The fraction of sp³-hybridized carbons (Fsp3) is 0.611. The van der Waals surface area contributed by atoms with Crippen molar-refractivity contribution in [2.75, 3.05) is 20.1 Å². The van der Waals surface area contributed by atoms with Crippen LogP contribution in [0.15, 0.2) is 24.3 Å². The van der Waals surface area contributed by atoms with E-state index in [9.17, 15) is 4.79 Å². The first kappa shape index (κ1) is 14.6. The van der Waals surface area contributed by atoms with Gasteiger partial charge in [-0.1, -0.05) is 31.2 Å². The van der Waals surface area contributed by atoms with Gasteiger partial charge >= 0.3 is 0 Å². The average Bonchev–Trinajstić information content (AvgIpc) is 2.87. The minimum atomic E-state index is 0.196. The van der Waals surface area contributed by atoms with Crippen molar-refractivity contribution in [2.24, 2.45) is 11.8 Å². The van der Waals surface area contributed by atoms with Crippen molar-refractivity contribution in [1.82, 2.24) is 10.2 Å². The van der Waals surface area contributed by atoms with E-state index in [1.54, 1.807) is 0 Å². The molecule has 3 nitrogen and oxygen atoms in total. The van der Waals surface area contributed by atoms with Gasteiger partial charge in [0.25, 0.3) is 0 Å². The van der Waals surface area contributed by atoms with Gasteiger partial charge in [-0.25, -0.2) is 0 Å². The highest BCUT2D eigenvalue weighted by Gasteiger charge is 2.29. The minimum absolute atomic E-state index is 0.196. The van der Waals surface area contributed by atoms with Crippen LogP contribution in [0.1, 0.15) is 43.4 Å². The molecule has 3 heteroatoms. The molecule has 3 rings (SSSR count). The zero-order chi connectivity index (χ0) is 14.8. The third-order valence-corrected chi connectivity index (χ3v) is 5.11. The monoisotopic (exact) mass is 286 g/mol. The molecule has 2 aliphatic rings. The van der Waals surface area contributed by atoms with Crippen molar-refractivity contribution in [1.29, 1.82) is 0 Å². The predicted molar refractivity (Wildman–Crippen MR) is 85.0 cm³/mol. The summed E-state index contributed by atoms with van der Waals surface area (Å²) in [7, 11) is 2.14. The molecule has 1 fully saturated rings. The van der Waals surface area contributed by atoms with Gasteiger partial charge in [-0.2, -0.15) is 0 Å². The van der Waals surface area contributed by atoms with Gasteiger partial charge in [-0.15, -0.1) is 0 Å². The number of nitrogens with one attached hydrogen (secondary N) is 1. The quantitative estimate of drug-likeness (QED) is 0.926. The lowest BCUT2D eigenvalue weighted by Crippen LogP contribution is -2.36. The van der Waals surface area contributed by atoms with E-state index in [2.05, 4.69) is 48.5 Å². The topological polar surface area (TPSA) is 32.3 Å². The summed E-state index contributed by atoms with van der Waals surface area (Å²) in [6.45, 7) is 4.44. The summed E-state index contributed by atoms with van der Waals surface area (Å²) in [5.74, 6) is 1.28. The Hall–Kier alpha value is -1.35. The first-order valence-corrected chi connectivity index (χ1v) is 8.19. The SMILES string of the molecule is CC1CCc2ccccc2C1NC(=O)CC1CCN(C)C1. The van der Waals surface area contributed by atoms with Gasteiger partial charge in [0, 0.05) is 13.0 Å². The van der Waals surface area contributed by atoms with Crippen LogP contribution in [0, 0.1) is 11.8 Å². The van der Waals surface area contributed by atoms with E-state index in [-0.39, 0.29) is 11.9 Å². The molecule has 0 saturated carbocycles. The Bertz CT molecular complexity index is 514. The summed E-state index contributed by atoms with van der Waals surface area (Å²) >= 11 is 0. The van der Waals surface area contributed by atoms with Crippen LogP contribution in [0.25, 0.3) is 0 Å². The fourth-order valence-electron chi connectivity index (χ4n) is 3.83. The Labute approximate surface area is 127 Å². The van der Waals surface area contributed by atoms with Crippen LogP contribution in [0.3, 0.4) is 0 Å². The number of likely N-dealkylation sites (tertiary alicyclic amines) is 1. The van der Waals surface area contributed by atoms with Gasteiger partial charge in [0.15, 0.2) is 0 Å². The van der Waals surface area contributed by atoms with Crippen LogP contribution in [0.4, 0.5) is 0 Å². The number of hydrogen-bond acceptors (Lipinski definition) is 2. The highest BCUT2D eigenvalue weighted by Crippen LogP contribution is 2.34. The van der Waals surface area contributed by atoms with Gasteiger partial charge in [-0.05, 0) is 55.8 Å². The van der Waals surface area contributed by atoms with Gasteiger partial charge < -0.3 is 10.2 Å². The van der Waals surface area contributed by atoms with E-state index in [4.69, 9.17) is 0 Å². The van der Waals surface area contributed by atoms with E-state index in [1.165, 1.54) is 11.1 Å². The number of carbonyl (C=O) groups is 1. The van der Waals surface area contributed by atoms with Crippen molar-refractivity contribution >= 4 is 5.91 Å². The second kappa shape index (κ2) is 6.18. The summed E-state index contributed by atoms with van der Waals surface area (Å²) in [5.41, 5.74) is 2.73. The summed E-state index contributed by atoms with van der Waals surface area (Å²) in [6, 6.07) is 8.76. The third-order valence-electron chi connectivity index (χ3n) is 5.11. The summed E-state index contributed by atoms with van der Waals surface area (Å²) < 4.78 is 0. The minimum Gasteiger partial charge on any atom is -0.349 e. The number of amides is 1. The second-order valence-corrected chi connectivity index (χ2v) is 6.88. The molecule has 0 bridgehead atoms. The first-order chi connectivity index (χ1) is 10.1. The zero-order valence-electron chi connectivity index (χ0n) is 13.1. The molecule has 1 saturated heterocycles. The Morgan fingerprint density at radius 1 is 1.33 bits per heavy atom. The molecular weight excluding hydrogens is 260 g/mol. The molecule has 1 heterocycles. The maximum absolute atomic E-state index is 12.4. The van der Waals surface area contributed by atoms with Crippen molar-refractivity contribution < 1.29 is 4.79 Å². The number of hydrogen-bond donors (Lipinski definition) is 1. The summed E-state index contributed by atoms with van der Waals surface area (Å²) in [6.07, 6.45) is 4.13. The molecule has 1 aliphatic heterocycles. The molecule has 1 aliphatic carbocycles. The van der Waals surface area contributed by atoms with Gasteiger partial charge in [-0.3, -0.25) is 4.79 Å². The molecule has 3 unspecified atom stereocenters. The lowest BCUT2D eigenvalue weighted by molar-refractivity contribution is -0.123. The highest BCUT2D eigenvalue weighted by atomic mass is 16.1. The van der Waals surface area contributed by atoms with Crippen LogP contribution < -0.4 is 5.32 Å². The zero-order valence-corrected chi connectivity index (χ0v) is 13.1. The van der Waals surface area contributed by atoms with Gasteiger partial charge in [0.05, 0.1) is 6.04 Å². The number of rotatable bonds is 3. The molecular formula is C18H26N2O. The molecule has 21 heavy (non-hydrogen) atoms. The smallest absolute Gasteiger partial charge is 0.220 e. The van der Waals surface area contributed by atoms with Crippen LogP contribution in [0.5, 0.6) is 0 Å². The van der Waals surface area contributed by atoms with Crippen molar-refractivity contribution in [3.8, 4) is 0 Å². The lowest BCUT2D eigenvalue weighted by Gasteiger charge is -2.32. The molecule has 1 N–H and O–H groups in total. The Morgan fingerprint density at radius 3 is 2.90 bits per heavy atom. The molecule has 0 aromatic heterocycles. The molecule has 114 valence electrons. The molecule has 1 amide bonds. The number of nitrogens with zero attached hydrogens (tertiary/aromatic N) is 1. The number of fused-ring (bicyclic) bond motifs is 1. The van der Waals surface area contributed by atoms with E-state index in [0.29, 0.717) is 18.3 Å². The summed E-state index contributed by atoms with van der Waals surface area (Å²) in [5, 5.41) is 3.31. The molecule has 0 radical (unpaired) electrons. The first-order valence-electron chi connectivity index (χ1n) is 8.19. The maximum Gasteiger partial charge on any atom is 0.220 e. The number of benzene rings is 1. The Balaban J connectivity index is 1.65. The lowest BCUT2D eigenvalue weighted by atomic mass is 9.80. The van der Waals surface area contributed by atoms with E-state index < -0.39 is 0 Å². The van der Waals surface area contributed by atoms with Crippen LogP contribution >= 0.6 is 0 Å². The fourth-order valence-corrected chi connectivity index (χ4v) is 3.83. The van der Waals surface area contributed by atoms with Gasteiger partial charge in [0.1, 0.15) is 0 Å². The van der Waals surface area contributed by atoms with E-state index >= 15 is 0 Å². The van der Waals surface area contributed by atoms with Gasteiger partial charge in [0.2, 0.25) is 5.91 Å². The van der Waals surface area contributed by atoms with Crippen LogP contribution in [0.2, 0.25) is 0 Å². The standard InChI is InChI=1S/C18H26N2O/c1-13-7-8-15-5-3-4-6-16(15)18(13)19-17(21)11-14-9-10-20(2)12-14/h3-6,13-14,18H,7-12H2,1-2H3,(H,19,21). The molecule has 3 atom stereocenters. The largest absolute Gasteiger partial charge is 0.349 e. The Kier molecular flexibility index (Phi) is 4.29. The van der Waals surface area contributed by atoms with Crippen molar-refractivity contribution in [3.05, 3.63) is 35.4 Å². The van der Waals surface area contributed by atoms with Crippen LogP contribution in [-0.4, -0.2) is 30.9 Å². The summed E-state index contributed by atoms with van der Waals surface area (Å²) in [4.78, 5) is 14.7. The van der Waals surface area contributed by atoms with Crippen LogP contribution in [-0.2, 0) is 11.2 Å². The van der Waals surface area contributed by atoms with E-state index in [1.807, 2.05) is 0 Å².